The minimum Gasteiger partial charge on any atom is -0.478 e. The van der Waals surface area contributed by atoms with Gasteiger partial charge in [-0.05, 0) is 11.6 Å². The van der Waals surface area contributed by atoms with Crippen molar-refractivity contribution in [3.8, 4) is 0 Å². The van der Waals surface area contributed by atoms with Crippen LogP contribution >= 0.6 is 0 Å². The van der Waals surface area contributed by atoms with Crippen molar-refractivity contribution in [3.63, 3.8) is 0 Å². The lowest BCUT2D eigenvalue weighted by Crippen LogP contribution is -2.22. The molecule has 2 rings (SSSR count). The highest BCUT2D eigenvalue weighted by Gasteiger charge is 2.37. The topological polar surface area (TPSA) is 61.7 Å². The van der Waals surface area contributed by atoms with Gasteiger partial charge in [-0.1, -0.05) is 18.2 Å². The van der Waals surface area contributed by atoms with Crippen LogP contribution in [0.1, 0.15) is 17.2 Å². The van der Waals surface area contributed by atoms with E-state index in [-0.39, 0.29) is 11.1 Å². The summed E-state index contributed by atoms with van der Waals surface area (Å²) in [5.74, 6) is -1.31. The van der Waals surface area contributed by atoms with Crippen LogP contribution in [0.15, 0.2) is 41.0 Å². The first-order valence-electron chi connectivity index (χ1n) is 5.28. The van der Waals surface area contributed by atoms with Gasteiger partial charge in [0.25, 0.3) is 0 Å². The molecular weight excluding hydrogens is 261 g/mol. The van der Waals surface area contributed by atoms with E-state index in [1.165, 1.54) is 24.5 Å². The van der Waals surface area contributed by atoms with Crippen molar-refractivity contribution in [3.05, 3.63) is 47.2 Å². The van der Waals surface area contributed by atoms with Crippen molar-refractivity contribution in [2.24, 2.45) is 4.99 Å². The van der Waals surface area contributed by atoms with Crippen molar-refractivity contribution in [2.45, 2.75) is 12.2 Å². The van der Waals surface area contributed by atoms with E-state index in [4.69, 9.17) is 5.11 Å². The molecule has 0 saturated carbocycles. The Morgan fingerprint density at radius 1 is 1.32 bits per heavy atom. The third-order valence-electron chi connectivity index (χ3n) is 2.64. The first-order valence-corrected chi connectivity index (χ1v) is 5.28. The standard InChI is InChI=1S/C12H9F3N2O2/c13-12(14,15)9-4-2-1-3-7(9)10-8(11(18)19)5-16-6-17-10/h1-6,10H,(H,16,17)(H,18,19). The van der Waals surface area contributed by atoms with E-state index >= 15 is 0 Å². The predicted molar refractivity (Wildman–Crippen MR) is 61.5 cm³/mol. The number of benzene rings is 1. The molecule has 0 aliphatic carbocycles. The van der Waals surface area contributed by atoms with Crippen molar-refractivity contribution in [2.75, 3.05) is 0 Å². The first-order chi connectivity index (χ1) is 8.91. The van der Waals surface area contributed by atoms with Crippen LogP contribution in [0, 0.1) is 0 Å². The Bertz CT molecular complexity index is 564. The summed E-state index contributed by atoms with van der Waals surface area (Å²) in [6.07, 6.45) is -2.25. The number of alkyl halides is 3. The summed E-state index contributed by atoms with van der Waals surface area (Å²) in [6, 6.07) is 3.64. The molecule has 1 unspecified atom stereocenters. The molecule has 0 fully saturated rings. The lowest BCUT2D eigenvalue weighted by Gasteiger charge is -2.21. The second-order valence-electron chi connectivity index (χ2n) is 3.84. The fourth-order valence-electron chi connectivity index (χ4n) is 1.82. The van der Waals surface area contributed by atoms with E-state index < -0.39 is 23.8 Å². The summed E-state index contributed by atoms with van der Waals surface area (Å²) in [5.41, 5.74) is -1.30. The van der Waals surface area contributed by atoms with Gasteiger partial charge in [-0.3, -0.25) is 4.99 Å². The zero-order chi connectivity index (χ0) is 14.0. The van der Waals surface area contributed by atoms with E-state index in [0.29, 0.717) is 0 Å². The van der Waals surface area contributed by atoms with E-state index in [9.17, 15) is 18.0 Å². The number of nitrogens with one attached hydrogen (secondary N) is 1. The molecule has 1 aromatic carbocycles. The molecule has 0 spiro atoms. The number of aliphatic imine (C=N–C) groups is 1. The molecule has 1 aliphatic rings. The van der Waals surface area contributed by atoms with E-state index in [1.54, 1.807) is 0 Å². The smallest absolute Gasteiger partial charge is 0.416 e. The molecule has 100 valence electrons. The summed E-state index contributed by atoms with van der Waals surface area (Å²) in [4.78, 5) is 14.8. The van der Waals surface area contributed by atoms with Gasteiger partial charge in [-0.25, -0.2) is 4.79 Å². The van der Waals surface area contributed by atoms with Crippen LogP contribution < -0.4 is 5.32 Å². The SMILES string of the molecule is O=C(O)C1=CNC=NC1c1ccccc1C(F)(F)F. The number of halogens is 3. The Morgan fingerprint density at radius 2 is 2.00 bits per heavy atom. The lowest BCUT2D eigenvalue weighted by atomic mass is 9.94. The quantitative estimate of drug-likeness (QED) is 0.867. The third kappa shape index (κ3) is 2.59. The highest BCUT2D eigenvalue weighted by Crippen LogP contribution is 2.38. The van der Waals surface area contributed by atoms with Gasteiger partial charge < -0.3 is 10.4 Å². The number of nitrogens with zero attached hydrogens (tertiary/aromatic N) is 1. The van der Waals surface area contributed by atoms with Crippen molar-refractivity contribution in [1.29, 1.82) is 0 Å². The predicted octanol–water partition coefficient (Wildman–Crippen LogP) is 2.35. The highest BCUT2D eigenvalue weighted by atomic mass is 19.4. The molecule has 0 bridgehead atoms. The fraction of sp³-hybridized carbons (Fsp3) is 0.167. The number of aliphatic carboxylic acids is 1. The second kappa shape index (κ2) is 4.75. The summed E-state index contributed by atoms with van der Waals surface area (Å²) in [5, 5.41) is 11.5. The Hall–Kier alpha value is -2.31. The van der Waals surface area contributed by atoms with Crippen molar-refractivity contribution in [1.82, 2.24) is 5.32 Å². The molecule has 0 amide bonds. The minimum atomic E-state index is -4.55. The van der Waals surface area contributed by atoms with Gasteiger partial charge in [0, 0.05) is 6.20 Å². The molecule has 4 nitrogen and oxygen atoms in total. The molecule has 0 aromatic heterocycles. The molecule has 1 aromatic rings. The normalized spacial score (nSPS) is 18.7. The maximum Gasteiger partial charge on any atom is 0.416 e. The van der Waals surface area contributed by atoms with Crippen molar-refractivity contribution < 1.29 is 23.1 Å². The monoisotopic (exact) mass is 270 g/mol. The van der Waals surface area contributed by atoms with Gasteiger partial charge in [0.2, 0.25) is 0 Å². The molecule has 1 atom stereocenters. The Kier molecular flexibility index (Phi) is 3.28. The largest absolute Gasteiger partial charge is 0.478 e. The van der Waals surface area contributed by atoms with E-state index in [0.717, 1.165) is 12.3 Å². The number of rotatable bonds is 2. The molecule has 7 heteroatoms. The van der Waals surface area contributed by atoms with Gasteiger partial charge in [0.05, 0.1) is 17.5 Å². The Morgan fingerprint density at radius 3 is 2.63 bits per heavy atom. The summed E-state index contributed by atoms with van der Waals surface area (Å²) < 4.78 is 38.7. The maximum atomic E-state index is 12.9. The number of hydrogen-bond donors (Lipinski definition) is 2. The zero-order valence-corrected chi connectivity index (χ0v) is 9.48. The van der Waals surface area contributed by atoms with Gasteiger partial charge in [-0.15, -0.1) is 0 Å². The van der Waals surface area contributed by atoms with E-state index in [1.807, 2.05) is 0 Å². The van der Waals surface area contributed by atoms with Crippen LogP contribution in [0.3, 0.4) is 0 Å². The van der Waals surface area contributed by atoms with Crippen LogP contribution in [0.4, 0.5) is 13.2 Å². The Balaban J connectivity index is 2.52. The van der Waals surface area contributed by atoms with E-state index in [2.05, 4.69) is 10.3 Å². The van der Waals surface area contributed by atoms with Gasteiger partial charge >= 0.3 is 12.1 Å². The molecular formula is C12H9F3N2O2. The lowest BCUT2D eigenvalue weighted by molar-refractivity contribution is -0.139. The highest BCUT2D eigenvalue weighted by molar-refractivity contribution is 5.90. The van der Waals surface area contributed by atoms with Gasteiger partial charge in [-0.2, -0.15) is 13.2 Å². The van der Waals surface area contributed by atoms with Crippen LogP contribution in [-0.4, -0.2) is 17.4 Å². The number of carboxylic acid groups (broad SMARTS) is 1. The minimum absolute atomic E-state index is 0.179. The summed E-state index contributed by atoms with van der Waals surface area (Å²) in [7, 11) is 0. The number of carboxylic acids is 1. The van der Waals surface area contributed by atoms with Crippen LogP contribution in [0.5, 0.6) is 0 Å². The van der Waals surface area contributed by atoms with Gasteiger partial charge in [0.15, 0.2) is 0 Å². The van der Waals surface area contributed by atoms with Crippen LogP contribution in [0.2, 0.25) is 0 Å². The maximum absolute atomic E-state index is 12.9. The molecule has 1 heterocycles. The number of hydrogen-bond acceptors (Lipinski definition) is 3. The fourth-order valence-corrected chi connectivity index (χ4v) is 1.82. The zero-order valence-electron chi connectivity index (χ0n) is 9.48. The molecule has 0 radical (unpaired) electrons. The molecule has 2 N–H and O–H groups in total. The second-order valence-corrected chi connectivity index (χ2v) is 3.84. The average molecular weight is 270 g/mol. The molecule has 1 aliphatic heterocycles. The van der Waals surface area contributed by atoms with Gasteiger partial charge in [0.1, 0.15) is 6.04 Å². The summed E-state index contributed by atoms with van der Waals surface area (Å²) in [6.45, 7) is 0. The van der Waals surface area contributed by atoms with Crippen LogP contribution in [-0.2, 0) is 11.0 Å². The summed E-state index contributed by atoms with van der Waals surface area (Å²) >= 11 is 0. The number of carbonyl (C=O) groups is 1. The average Bonchev–Trinajstić information content (AvgIpc) is 2.37. The molecule has 19 heavy (non-hydrogen) atoms. The van der Waals surface area contributed by atoms with Crippen LogP contribution in [0.25, 0.3) is 0 Å². The molecule has 0 saturated heterocycles. The first kappa shape index (κ1) is 13.1. The van der Waals surface area contributed by atoms with Crippen molar-refractivity contribution >= 4 is 12.3 Å². The third-order valence-corrected chi connectivity index (χ3v) is 2.64. The Labute approximate surface area is 106 Å².